The van der Waals surface area contributed by atoms with Gasteiger partial charge in [0, 0.05) is 19.1 Å². The molecule has 22 heavy (non-hydrogen) atoms. The molecule has 0 radical (unpaired) electrons. The number of nitrogens with zero attached hydrogens (tertiary/aromatic N) is 1. The van der Waals surface area contributed by atoms with E-state index in [1.807, 2.05) is 25.1 Å². The maximum atomic E-state index is 12.6. The first-order chi connectivity index (χ1) is 10.6. The summed E-state index contributed by atoms with van der Waals surface area (Å²) in [4.78, 5) is 12.6. The molecule has 0 bridgehead atoms. The van der Waals surface area contributed by atoms with Crippen LogP contribution in [0, 0.1) is 23.2 Å². The SMILES string of the molecule is CC(C(=O)NC1(c2cccc(C#N)c2)CC1)C1CCOCC1. The summed E-state index contributed by atoms with van der Waals surface area (Å²) < 4.78 is 5.38. The summed E-state index contributed by atoms with van der Waals surface area (Å²) in [7, 11) is 0. The number of nitriles is 1. The van der Waals surface area contributed by atoms with E-state index in [2.05, 4.69) is 11.4 Å². The quantitative estimate of drug-likeness (QED) is 0.929. The Hall–Kier alpha value is -1.86. The molecule has 4 heteroatoms. The fourth-order valence-corrected chi connectivity index (χ4v) is 3.28. The average Bonchev–Trinajstić information content (AvgIpc) is 3.35. The van der Waals surface area contributed by atoms with E-state index in [-0.39, 0.29) is 17.4 Å². The molecule has 2 aliphatic rings. The number of nitrogens with one attached hydrogen (secondary N) is 1. The van der Waals surface area contributed by atoms with Gasteiger partial charge in [0.2, 0.25) is 5.91 Å². The molecule has 1 N–H and O–H groups in total. The van der Waals surface area contributed by atoms with Crippen LogP contribution in [0.2, 0.25) is 0 Å². The normalized spacial score (nSPS) is 21.6. The molecule has 1 atom stereocenters. The van der Waals surface area contributed by atoms with Crippen molar-refractivity contribution < 1.29 is 9.53 Å². The van der Waals surface area contributed by atoms with Gasteiger partial charge >= 0.3 is 0 Å². The Morgan fingerprint density at radius 2 is 2.14 bits per heavy atom. The van der Waals surface area contributed by atoms with Gasteiger partial charge in [-0.3, -0.25) is 4.79 Å². The molecule has 1 aliphatic carbocycles. The van der Waals surface area contributed by atoms with Crippen LogP contribution in [0.4, 0.5) is 0 Å². The third-order valence-corrected chi connectivity index (χ3v) is 5.04. The number of hydrogen-bond donors (Lipinski definition) is 1. The van der Waals surface area contributed by atoms with Crippen molar-refractivity contribution in [1.29, 1.82) is 5.26 Å². The molecule has 1 saturated carbocycles. The Morgan fingerprint density at radius 1 is 1.41 bits per heavy atom. The number of rotatable bonds is 4. The zero-order chi connectivity index (χ0) is 15.6. The number of carbonyl (C=O) groups excluding carboxylic acids is 1. The molecular weight excluding hydrogens is 276 g/mol. The topological polar surface area (TPSA) is 62.1 Å². The molecule has 1 saturated heterocycles. The van der Waals surface area contributed by atoms with Crippen LogP contribution in [-0.2, 0) is 15.1 Å². The Labute approximate surface area is 131 Å². The fraction of sp³-hybridized carbons (Fsp3) is 0.556. The van der Waals surface area contributed by atoms with Crippen molar-refractivity contribution in [1.82, 2.24) is 5.32 Å². The molecule has 0 aromatic heterocycles. The minimum absolute atomic E-state index is 0.0144. The van der Waals surface area contributed by atoms with Crippen LogP contribution in [-0.4, -0.2) is 19.1 Å². The second-order valence-corrected chi connectivity index (χ2v) is 6.50. The maximum absolute atomic E-state index is 12.6. The van der Waals surface area contributed by atoms with Crippen LogP contribution in [0.3, 0.4) is 0 Å². The van der Waals surface area contributed by atoms with Gasteiger partial charge in [0.15, 0.2) is 0 Å². The zero-order valence-corrected chi connectivity index (χ0v) is 13.0. The maximum Gasteiger partial charge on any atom is 0.223 e. The summed E-state index contributed by atoms with van der Waals surface area (Å²) in [6.07, 6.45) is 3.83. The van der Waals surface area contributed by atoms with E-state index in [9.17, 15) is 4.79 Å². The number of ether oxygens (including phenoxy) is 1. The highest BCUT2D eigenvalue weighted by Gasteiger charge is 2.46. The molecule has 1 amide bonds. The lowest BCUT2D eigenvalue weighted by Gasteiger charge is -2.29. The van der Waals surface area contributed by atoms with E-state index < -0.39 is 0 Å². The summed E-state index contributed by atoms with van der Waals surface area (Å²) >= 11 is 0. The predicted octanol–water partition coefficient (Wildman–Crippen LogP) is 2.73. The lowest BCUT2D eigenvalue weighted by Crippen LogP contribution is -2.41. The molecule has 4 nitrogen and oxygen atoms in total. The highest BCUT2D eigenvalue weighted by molar-refractivity contribution is 5.80. The molecule has 3 rings (SSSR count). The molecule has 2 fully saturated rings. The minimum atomic E-state index is -0.247. The molecular formula is C18H22N2O2. The second-order valence-electron chi connectivity index (χ2n) is 6.50. The number of carbonyl (C=O) groups is 1. The van der Waals surface area contributed by atoms with Crippen LogP contribution in [0.1, 0.15) is 43.7 Å². The van der Waals surface area contributed by atoms with Crippen LogP contribution >= 0.6 is 0 Å². The van der Waals surface area contributed by atoms with Gasteiger partial charge in [0.25, 0.3) is 0 Å². The third kappa shape index (κ3) is 3.00. The Balaban J connectivity index is 1.68. The first-order valence-corrected chi connectivity index (χ1v) is 8.05. The summed E-state index contributed by atoms with van der Waals surface area (Å²) in [5.74, 6) is 0.558. The van der Waals surface area contributed by atoms with Crippen LogP contribution in [0.25, 0.3) is 0 Å². The summed E-state index contributed by atoms with van der Waals surface area (Å²) in [5, 5.41) is 12.3. The van der Waals surface area contributed by atoms with Gasteiger partial charge in [0.1, 0.15) is 0 Å². The molecule has 1 aromatic carbocycles. The van der Waals surface area contributed by atoms with Crippen molar-refractivity contribution >= 4 is 5.91 Å². The highest BCUT2D eigenvalue weighted by atomic mass is 16.5. The summed E-state index contributed by atoms with van der Waals surface area (Å²) in [6.45, 7) is 3.54. The lowest BCUT2D eigenvalue weighted by molar-refractivity contribution is -0.128. The largest absolute Gasteiger partial charge is 0.381 e. The summed E-state index contributed by atoms with van der Waals surface area (Å²) in [6, 6.07) is 9.76. The van der Waals surface area contributed by atoms with Crippen molar-refractivity contribution in [3.63, 3.8) is 0 Å². The van der Waals surface area contributed by atoms with Crippen LogP contribution < -0.4 is 5.32 Å². The Morgan fingerprint density at radius 3 is 2.77 bits per heavy atom. The van der Waals surface area contributed by atoms with Crippen molar-refractivity contribution in [2.24, 2.45) is 11.8 Å². The van der Waals surface area contributed by atoms with Gasteiger partial charge in [-0.25, -0.2) is 0 Å². The number of amides is 1. The number of benzene rings is 1. The molecule has 1 heterocycles. The van der Waals surface area contributed by atoms with Gasteiger partial charge in [-0.1, -0.05) is 19.1 Å². The van der Waals surface area contributed by atoms with E-state index in [1.165, 1.54) is 0 Å². The van der Waals surface area contributed by atoms with Crippen LogP contribution in [0.5, 0.6) is 0 Å². The van der Waals surface area contributed by atoms with Gasteiger partial charge < -0.3 is 10.1 Å². The van der Waals surface area contributed by atoms with E-state index in [4.69, 9.17) is 10.00 Å². The van der Waals surface area contributed by atoms with Crippen molar-refractivity contribution in [3.05, 3.63) is 35.4 Å². The zero-order valence-electron chi connectivity index (χ0n) is 13.0. The molecule has 0 spiro atoms. The highest BCUT2D eigenvalue weighted by Crippen LogP contribution is 2.46. The molecule has 1 unspecified atom stereocenters. The van der Waals surface area contributed by atoms with Crippen LogP contribution in [0.15, 0.2) is 24.3 Å². The third-order valence-electron chi connectivity index (χ3n) is 5.04. The fourth-order valence-electron chi connectivity index (χ4n) is 3.28. The van der Waals surface area contributed by atoms with Gasteiger partial charge in [-0.15, -0.1) is 0 Å². The van der Waals surface area contributed by atoms with Crippen molar-refractivity contribution in [3.8, 4) is 6.07 Å². The first kappa shape index (κ1) is 15.1. The standard InChI is InChI=1S/C18H22N2O2/c1-13(15-5-9-22-10-6-15)17(21)20-18(7-8-18)16-4-2-3-14(11-16)12-19/h2-4,11,13,15H,5-10H2,1H3,(H,20,21). The summed E-state index contributed by atoms with van der Waals surface area (Å²) in [5.41, 5.74) is 1.46. The smallest absolute Gasteiger partial charge is 0.223 e. The molecule has 1 aliphatic heterocycles. The van der Waals surface area contributed by atoms with Gasteiger partial charge in [-0.2, -0.15) is 5.26 Å². The Bertz CT molecular complexity index is 595. The van der Waals surface area contributed by atoms with Gasteiger partial charge in [0.05, 0.1) is 17.2 Å². The Kier molecular flexibility index (Phi) is 4.17. The van der Waals surface area contributed by atoms with Gasteiger partial charge in [-0.05, 0) is 49.3 Å². The lowest BCUT2D eigenvalue weighted by atomic mass is 9.86. The van der Waals surface area contributed by atoms with E-state index in [0.29, 0.717) is 11.5 Å². The number of hydrogen-bond acceptors (Lipinski definition) is 3. The second kappa shape index (κ2) is 6.10. The van der Waals surface area contributed by atoms with E-state index in [0.717, 1.165) is 44.5 Å². The van der Waals surface area contributed by atoms with E-state index in [1.54, 1.807) is 6.07 Å². The average molecular weight is 298 g/mol. The van der Waals surface area contributed by atoms with E-state index >= 15 is 0 Å². The van der Waals surface area contributed by atoms with Crippen molar-refractivity contribution in [2.75, 3.05) is 13.2 Å². The molecule has 1 aromatic rings. The minimum Gasteiger partial charge on any atom is -0.381 e. The monoisotopic (exact) mass is 298 g/mol. The molecule has 116 valence electrons. The van der Waals surface area contributed by atoms with Crippen molar-refractivity contribution in [2.45, 2.75) is 38.1 Å². The first-order valence-electron chi connectivity index (χ1n) is 8.05. The predicted molar refractivity (Wildman–Crippen MR) is 82.9 cm³/mol.